The molecule has 140 valence electrons. The van der Waals surface area contributed by atoms with Crippen LogP contribution in [-0.2, 0) is 13.0 Å². The molecule has 1 atom stereocenters. The lowest BCUT2D eigenvalue weighted by Crippen LogP contribution is -2.39. The molecule has 7 nitrogen and oxygen atoms in total. The average Bonchev–Trinajstić information content (AvgIpc) is 3.28. The van der Waals surface area contributed by atoms with E-state index in [0.717, 1.165) is 61.6 Å². The number of nitrogens with one attached hydrogen (secondary N) is 1. The van der Waals surface area contributed by atoms with E-state index >= 15 is 0 Å². The molecule has 7 heteroatoms. The van der Waals surface area contributed by atoms with E-state index in [1.54, 1.807) is 6.33 Å². The van der Waals surface area contributed by atoms with E-state index in [0.29, 0.717) is 5.56 Å². The van der Waals surface area contributed by atoms with Gasteiger partial charge in [-0.2, -0.15) is 0 Å². The minimum Gasteiger partial charge on any atom is -0.345 e. The fraction of sp³-hybridized carbons (Fsp3) is 0.500. The number of hydrogen-bond acceptors (Lipinski definition) is 4. The zero-order valence-electron chi connectivity index (χ0n) is 15.4. The second-order valence-electron chi connectivity index (χ2n) is 7.66. The second-order valence-corrected chi connectivity index (χ2v) is 7.66. The topological polar surface area (TPSA) is 79.7 Å². The molecule has 2 aromatic heterocycles. The van der Waals surface area contributed by atoms with Gasteiger partial charge in [-0.3, -0.25) is 4.79 Å². The summed E-state index contributed by atoms with van der Waals surface area (Å²) >= 11 is 0. The summed E-state index contributed by atoms with van der Waals surface area (Å²) in [6, 6.07) is 5.68. The zero-order valence-corrected chi connectivity index (χ0v) is 15.4. The largest absolute Gasteiger partial charge is 0.345 e. The van der Waals surface area contributed by atoms with E-state index < -0.39 is 0 Å². The fourth-order valence-electron chi connectivity index (χ4n) is 4.43. The summed E-state index contributed by atoms with van der Waals surface area (Å²) < 4.78 is 2.32. The van der Waals surface area contributed by atoms with Crippen molar-refractivity contribution in [1.82, 2.24) is 29.6 Å². The molecule has 1 unspecified atom stereocenters. The second kappa shape index (κ2) is 6.79. The lowest BCUT2D eigenvalue weighted by molar-refractivity contribution is 0.0703. The molecule has 1 amide bonds. The summed E-state index contributed by atoms with van der Waals surface area (Å²) in [7, 11) is 0. The molecule has 1 N–H and O–H groups in total. The normalized spacial score (nSPS) is 20.4. The van der Waals surface area contributed by atoms with Crippen molar-refractivity contribution in [3.63, 3.8) is 0 Å². The number of amides is 1. The lowest BCUT2D eigenvalue weighted by atomic mass is 9.96. The van der Waals surface area contributed by atoms with Crippen molar-refractivity contribution < 1.29 is 4.79 Å². The van der Waals surface area contributed by atoms with Crippen molar-refractivity contribution in [3.05, 3.63) is 41.7 Å². The number of imidazole rings is 1. The standard InChI is InChI=1S/C20H24N6O/c27-20(14-7-8-16-17(11-14)22-13-21-16)25-9-4-5-15(12-25)19-24-23-18-6-2-1-3-10-26(18)19/h7-8,11,13,15H,1-6,9-10,12H2,(H,21,22). The Morgan fingerprint density at radius 2 is 2.07 bits per heavy atom. The van der Waals surface area contributed by atoms with E-state index in [1.807, 2.05) is 23.1 Å². The van der Waals surface area contributed by atoms with Gasteiger partial charge in [-0.15, -0.1) is 10.2 Å². The number of nitrogens with zero attached hydrogens (tertiary/aromatic N) is 5. The fourth-order valence-corrected chi connectivity index (χ4v) is 4.43. The number of aromatic nitrogens is 5. The number of hydrogen-bond donors (Lipinski definition) is 1. The highest BCUT2D eigenvalue weighted by molar-refractivity contribution is 5.97. The Labute approximate surface area is 157 Å². The van der Waals surface area contributed by atoms with Crippen LogP contribution in [-0.4, -0.2) is 48.6 Å². The Kier molecular flexibility index (Phi) is 4.14. The van der Waals surface area contributed by atoms with E-state index in [1.165, 1.54) is 19.3 Å². The number of aromatic amines is 1. The van der Waals surface area contributed by atoms with Gasteiger partial charge in [0.2, 0.25) is 0 Å². The molecule has 0 radical (unpaired) electrons. The molecule has 27 heavy (non-hydrogen) atoms. The first-order valence-electron chi connectivity index (χ1n) is 9.94. The highest BCUT2D eigenvalue weighted by Crippen LogP contribution is 2.29. The van der Waals surface area contributed by atoms with Crippen molar-refractivity contribution in [3.8, 4) is 0 Å². The summed E-state index contributed by atoms with van der Waals surface area (Å²) in [5.74, 6) is 2.56. The van der Waals surface area contributed by atoms with Crippen LogP contribution in [0.2, 0.25) is 0 Å². The van der Waals surface area contributed by atoms with Crippen LogP contribution >= 0.6 is 0 Å². The summed E-state index contributed by atoms with van der Waals surface area (Å²) in [5, 5.41) is 8.97. The van der Waals surface area contributed by atoms with Crippen molar-refractivity contribution in [1.29, 1.82) is 0 Å². The first-order chi connectivity index (χ1) is 13.3. The third-order valence-corrected chi connectivity index (χ3v) is 5.88. The predicted octanol–water partition coefficient (Wildman–Crippen LogP) is 2.90. The molecule has 1 fully saturated rings. The van der Waals surface area contributed by atoms with Crippen LogP contribution in [0.5, 0.6) is 0 Å². The van der Waals surface area contributed by atoms with Crippen LogP contribution in [0.25, 0.3) is 11.0 Å². The van der Waals surface area contributed by atoms with E-state index in [-0.39, 0.29) is 11.8 Å². The maximum Gasteiger partial charge on any atom is 0.253 e. The van der Waals surface area contributed by atoms with Gasteiger partial charge in [0.15, 0.2) is 0 Å². The Bertz CT molecular complexity index is 974. The Balaban J connectivity index is 1.37. The number of rotatable bonds is 2. The molecule has 0 saturated carbocycles. The third-order valence-electron chi connectivity index (χ3n) is 5.88. The van der Waals surface area contributed by atoms with Gasteiger partial charge < -0.3 is 14.5 Å². The van der Waals surface area contributed by atoms with Gasteiger partial charge in [-0.25, -0.2) is 4.98 Å². The van der Waals surface area contributed by atoms with Crippen LogP contribution in [0.3, 0.4) is 0 Å². The minimum absolute atomic E-state index is 0.0896. The zero-order chi connectivity index (χ0) is 18.2. The minimum atomic E-state index is 0.0896. The quantitative estimate of drug-likeness (QED) is 0.758. The van der Waals surface area contributed by atoms with Crippen molar-refractivity contribution in [2.75, 3.05) is 13.1 Å². The molecule has 2 aliphatic heterocycles. The van der Waals surface area contributed by atoms with Crippen molar-refractivity contribution in [2.24, 2.45) is 0 Å². The predicted molar refractivity (Wildman–Crippen MR) is 102 cm³/mol. The molecule has 4 heterocycles. The first-order valence-corrected chi connectivity index (χ1v) is 9.94. The van der Waals surface area contributed by atoms with Gasteiger partial charge in [0, 0.05) is 37.5 Å². The molecule has 2 aliphatic rings. The number of H-pyrrole nitrogens is 1. The van der Waals surface area contributed by atoms with Gasteiger partial charge in [-0.05, 0) is 43.9 Å². The Hall–Kier alpha value is -2.70. The number of benzene rings is 1. The van der Waals surface area contributed by atoms with E-state index in [4.69, 9.17) is 0 Å². The molecule has 5 rings (SSSR count). The van der Waals surface area contributed by atoms with Crippen LogP contribution < -0.4 is 0 Å². The van der Waals surface area contributed by atoms with Crippen LogP contribution in [0.1, 0.15) is 60.0 Å². The molecular weight excluding hydrogens is 340 g/mol. The summed E-state index contributed by atoms with van der Waals surface area (Å²) in [4.78, 5) is 22.4. The molecular formula is C20H24N6O. The number of likely N-dealkylation sites (tertiary alicyclic amines) is 1. The van der Waals surface area contributed by atoms with Crippen LogP contribution in [0.15, 0.2) is 24.5 Å². The smallest absolute Gasteiger partial charge is 0.253 e. The third kappa shape index (κ3) is 3.01. The SMILES string of the molecule is O=C(c1ccc2nc[nH]c2c1)N1CCCC(c2nnc3n2CCCCC3)C1. The highest BCUT2D eigenvalue weighted by Gasteiger charge is 2.30. The maximum absolute atomic E-state index is 13.1. The first kappa shape index (κ1) is 16.5. The number of piperidine rings is 1. The number of carbonyl (C=O) groups is 1. The number of fused-ring (bicyclic) bond motifs is 2. The lowest BCUT2D eigenvalue weighted by Gasteiger charge is -2.32. The molecule has 1 aromatic carbocycles. The Morgan fingerprint density at radius 3 is 3.04 bits per heavy atom. The van der Waals surface area contributed by atoms with Gasteiger partial charge >= 0.3 is 0 Å². The molecule has 3 aromatic rings. The van der Waals surface area contributed by atoms with E-state index in [9.17, 15) is 4.79 Å². The van der Waals surface area contributed by atoms with Gasteiger partial charge in [-0.1, -0.05) is 6.42 Å². The van der Waals surface area contributed by atoms with Gasteiger partial charge in [0.25, 0.3) is 5.91 Å². The molecule has 0 spiro atoms. The number of aryl methyl sites for hydroxylation is 1. The molecule has 1 saturated heterocycles. The van der Waals surface area contributed by atoms with Gasteiger partial charge in [0.1, 0.15) is 11.6 Å². The van der Waals surface area contributed by atoms with E-state index in [2.05, 4.69) is 24.7 Å². The summed E-state index contributed by atoms with van der Waals surface area (Å²) in [6.07, 6.45) is 8.40. The van der Waals surface area contributed by atoms with Crippen LogP contribution in [0, 0.1) is 0 Å². The van der Waals surface area contributed by atoms with Crippen molar-refractivity contribution >= 4 is 16.9 Å². The molecule has 0 aliphatic carbocycles. The highest BCUT2D eigenvalue weighted by atomic mass is 16.2. The average molecular weight is 364 g/mol. The Morgan fingerprint density at radius 1 is 1.11 bits per heavy atom. The van der Waals surface area contributed by atoms with Crippen LogP contribution in [0.4, 0.5) is 0 Å². The summed E-state index contributed by atoms with van der Waals surface area (Å²) in [6.45, 7) is 2.54. The van der Waals surface area contributed by atoms with Gasteiger partial charge in [0.05, 0.1) is 17.4 Å². The number of carbonyl (C=O) groups excluding carboxylic acids is 1. The van der Waals surface area contributed by atoms with Crippen molar-refractivity contribution in [2.45, 2.75) is 51.0 Å². The maximum atomic E-state index is 13.1. The summed E-state index contributed by atoms with van der Waals surface area (Å²) in [5.41, 5.74) is 2.50. The monoisotopic (exact) mass is 364 g/mol. The molecule has 0 bridgehead atoms.